The fourth-order valence-corrected chi connectivity index (χ4v) is 3.44. The van der Waals surface area contributed by atoms with E-state index in [1.807, 2.05) is 4.90 Å². The maximum absolute atomic E-state index is 12.6. The normalized spacial score (nSPS) is 27.7. The lowest BCUT2D eigenvalue weighted by Gasteiger charge is -2.38. The van der Waals surface area contributed by atoms with Crippen LogP contribution < -0.4 is 10.2 Å². The second-order valence-corrected chi connectivity index (χ2v) is 5.60. The van der Waals surface area contributed by atoms with Gasteiger partial charge in [0.15, 0.2) is 5.76 Å². The predicted molar refractivity (Wildman–Crippen MR) is 74.5 cm³/mol. The number of carbonyl (C=O) groups is 1. The van der Waals surface area contributed by atoms with Crippen LogP contribution in [0.1, 0.15) is 36.2 Å². The van der Waals surface area contributed by atoms with E-state index in [0.717, 1.165) is 25.7 Å². The van der Waals surface area contributed by atoms with E-state index in [2.05, 4.69) is 0 Å². The Balaban J connectivity index is 1.83. The highest BCUT2D eigenvalue weighted by atomic mass is 16.5. The average molecular weight is 293 g/mol. The molecule has 0 saturated carbocycles. The summed E-state index contributed by atoms with van der Waals surface area (Å²) < 4.78 is 15.6. The molecule has 0 radical (unpaired) electrons. The fraction of sp³-hybridized carbons (Fsp3) is 0.600. The maximum atomic E-state index is 12.6. The Bertz CT molecular complexity index is 582. The van der Waals surface area contributed by atoms with E-state index in [0.29, 0.717) is 0 Å². The molecule has 2 aliphatic rings. The van der Waals surface area contributed by atoms with E-state index in [-0.39, 0.29) is 41.0 Å². The van der Waals surface area contributed by atoms with Crippen LogP contribution in [-0.4, -0.2) is 43.2 Å². The van der Waals surface area contributed by atoms with Crippen LogP contribution in [0.3, 0.4) is 0 Å². The highest BCUT2D eigenvalue weighted by Crippen LogP contribution is 2.37. The third-order valence-corrected chi connectivity index (χ3v) is 4.49. The first-order valence-corrected chi connectivity index (χ1v) is 7.16. The molecule has 2 saturated heterocycles. The highest BCUT2D eigenvalue weighted by Gasteiger charge is 2.44. The lowest BCUT2D eigenvalue weighted by Crippen LogP contribution is -2.48. The molecule has 2 aliphatic heterocycles. The molecule has 3 rings (SSSR count). The molecule has 3 atom stereocenters. The summed E-state index contributed by atoms with van der Waals surface area (Å²) in [4.78, 5) is 26.2. The zero-order chi connectivity index (χ0) is 15.0. The van der Waals surface area contributed by atoms with Crippen molar-refractivity contribution in [2.24, 2.45) is 0 Å². The van der Waals surface area contributed by atoms with Gasteiger partial charge in [-0.05, 0) is 25.7 Å². The van der Waals surface area contributed by atoms with Crippen LogP contribution in [0.4, 0.5) is 0 Å². The van der Waals surface area contributed by atoms with Gasteiger partial charge < -0.3 is 18.8 Å². The summed E-state index contributed by atoms with van der Waals surface area (Å²) in [7, 11) is 3.10. The topological polar surface area (TPSA) is 69.0 Å². The molecule has 0 N–H and O–H groups in total. The van der Waals surface area contributed by atoms with Crippen molar-refractivity contribution in [2.75, 3.05) is 14.2 Å². The monoisotopic (exact) mass is 293 g/mol. The van der Waals surface area contributed by atoms with Crippen LogP contribution in [0, 0.1) is 0 Å². The van der Waals surface area contributed by atoms with Crippen LogP contribution in [0.5, 0.6) is 5.75 Å². The van der Waals surface area contributed by atoms with Gasteiger partial charge in [0.2, 0.25) is 11.2 Å². The first kappa shape index (κ1) is 14.1. The van der Waals surface area contributed by atoms with Crippen LogP contribution in [0.25, 0.3) is 0 Å². The lowest BCUT2D eigenvalue weighted by molar-refractivity contribution is 0.00663. The number of methoxy groups -OCH3 is 2. The molecule has 3 heterocycles. The molecular formula is C15H19NO5. The molecule has 0 aromatic carbocycles. The van der Waals surface area contributed by atoms with Gasteiger partial charge in [0.05, 0.1) is 13.2 Å². The molecule has 2 bridgehead atoms. The van der Waals surface area contributed by atoms with E-state index in [4.69, 9.17) is 13.9 Å². The van der Waals surface area contributed by atoms with Crippen LogP contribution in [-0.2, 0) is 4.74 Å². The van der Waals surface area contributed by atoms with Crippen molar-refractivity contribution in [3.05, 3.63) is 28.3 Å². The van der Waals surface area contributed by atoms with Crippen molar-refractivity contribution in [1.29, 1.82) is 0 Å². The van der Waals surface area contributed by atoms with Gasteiger partial charge in [0, 0.05) is 25.3 Å². The molecule has 2 fully saturated rings. The van der Waals surface area contributed by atoms with Gasteiger partial charge >= 0.3 is 0 Å². The summed E-state index contributed by atoms with van der Waals surface area (Å²) in [6.45, 7) is 0. The van der Waals surface area contributed by atoms with Crippen LogP contribution in [0.2, 0.25) is 0 Å². The minimum Gasteiger partial charge on any atom is -0.490 e. The number of nitrogens with zero attached hydrogens (tertiary/aromatic N) is 1. The second-order valence-electron chi connectivity index (χ2n) is 5.60. The Morgan fingerprint density at radius 1 is 1.29 bits per heavy atom. The Hall–Kier alpha value is -1.82. The number of fused-ring (bicyclic) bond motifs is 2. The molecule has 6 heteroatoms. The molecular weight excluding hydrogens is 274 g/mol. The maximum Gasteiger partial charge on any atom is 0.290 e. The van der Waals surface area contributed by atoms with Gasteiger partial charge in [-0.2, -0.15) is 0 Å². The molecule has 1 unspecified atom stereocenters. The van der Waals surface area contributed by atoms with Gasteiger partial charge in [-0.15, -0.1) is 0 Å². The Morgan fingerprint density at radius 3 is 2.48 bits per heavy atom. The summed E-state index contributed by atoms with van der Waals surface area (Å²) in [5.74, 6) is -0.0296. The fourth-order valence-electron chi connectivity index (χ4n) is 3.44. The number of rotatable bonds is 3. The molecule has 6 nitrogen and oxygen atoms in total. The van der Waals surface area contributed by atoms with E-state index < -0.39 is 0 Å². The molecule has 114 valence electrons. The molecule has 1 aromatic rings. The molecule has 1 amide bonds. The van der Waals surface area contributed by atoms with E-state index >= 15 is 0 Å². The number of carbonyl (C=O) groups excluding carboxylic acids is 1. The summed E-state index contributed by atoms with van der Waals surface area (Å²) in [5, 5.41) is 0. The smallest absolute Gasteiger partial charge is 0.290 e. The number of hydrogen-bond acceptors (Lipinski definition) is 5. The van der Waals surface area contributed by atoms with E-state index in [1.54, 1.807) is 7.11 Å². The Labute approximate surface area is 122 Å². The summed E-state index contributed by atoms with van der Waals surface area (Å²) in [6.07, 6.45) is 5.07. The molecule has 21 heavy (non-hydrogen) atoms. The third-order valence-electron chi connectivity index (χ3n) is 4.49. The molecule has 0 spiro atoms. The summed E-state index contributed by atoms with van der Waals surface area (Å²) in [6, 6.07) is 1.56. The summed E-state index contributed by atoms with van der Waals surface area (Å²) in [5.41, 5.74) is -0.341. The number of piperidine rings is 1. The van der Waals surface area contributed by atoms with Crippen molar-refractivity contribution in [2.45, 2.75) is 43.9 Å². The van der Waals surface area contributed by atoms with E-state index in [1.165, 1.54) is 19.4 Å². The Morgan fingerprint density at radius 2 is 1.95 bits per heavy atom. The largest absolute Gasteiger partial charge is 0.490 e. The minimum absolute atomic E-state index is 0.0774. The number of amides is 1. The average Bonchev–Trinajstić information content (AvgIpc) is 2.76. The summed E-state index contributed by atoms with van der Waals surface area (Å²) >= 11 is 0. The van der Waals surface area contributed by atoms with Gasteiger partial charge in [0.25, 0.3) is 5.91 Å². The van der Waals surface area contributed by atoms with Gasteiger partial charge in [-0.3, -0.25) is 9.59 Å². The van der Waals surface area contributed by atoms with Crippen LogP contribution in [0.15, 0.2) is 21.5 Å². The highest BCUT2D eigenvalue weighted by molar-refractivity contribution is 5.92. The predicted octanol–water partition coefficient (Wildman–Crippen LogP) is 1.43. The van der Waals surface area contributed by atoms with Gasteiger partial charge in [0.1, 0.15) is 6.26 Å². The van der Waals surface area contributed by atoms with Crippen molar-refractivity contribution in [1.82, 2.24) is 4.90 Å². The van der Waals surface area contributed by atoms with E-state index in [9.17, 15) is 9.59 Å². The third kappa shape index (κ3) is 2.44. The zero-order valence-corrected chi connectivity index (χ0v) is 12.2. The minimum atomic E-state index is -0.341. The molecule has 0 aliphatic carbocycles. The zero-order valence-electron chi connectivity index (χ0n) is 12.2. The number of ether oxygens (including phenoxy) is 2. The second kappa shape index (κ2) is 5.52. The van der Waals surface area contributed by atoms with Crippen molar-refractivity contribution < 1.29 is 18.7 Å². The first-order chi connectivity index (χ1) is 10.1. The van der Waals surface area contributed by atoms with Gasteiger partial charge in [-0.1, -0.05) is 0 Å². The quantitative estimate of drug-likeness (QED) is 0.843. The van der Waals surface area contributed by atoms with Crippen molar-refractivity contribution >= 4 is 5.91 Å². The van der Waals surface area contributed by atoms with Gasteiger partial charge in [-0.25, -0.2) is 0 Å². The lowest BCUT2D eigenvalue weighted by atomic mass is 9.99. The SMILES string of the molecule is COc1coc(C(=O)N2[C@@H]3CC[C@H]2CC(OC)C3)cc1=O. The van der Waals surface area contributed by atoms with Crippen molar-refractivity contribution in [3.8, 4) is 5.75 Å². The van der Waals surface area contributed by atoms with Crippen LogP contribution >= 0.6 is 0 Å². The standard InChI is InChI=1S/C15H19NO5/c1-19-11-5-9-3-4-10(6-11)16(9)15(18)13-7-12(17)14(20-2)8-21-13/h7-11H,3-6H2,1-2H3/t9-,10+,11?. The number of hydrogen-bond donors (Lipinski definition) is 0. The first-order valence-electron chi connectivity index (χ1n) is 7.16. The molecule has 1 aromatic heterocycles. The Kier molecular flexibility index (Phi) is 3.71. The van der Waals surface area contributed by atoms with Crippen molar-refractivity contribution in [3.63, 3.8) is 0 Å².